The summed E-state index contributed by atoms with van der Waals surface area (Å²) in [6.45, 7) is -5.60. The zero-order valence-electron chi connectivity index (χ0n) is 36.1. The molecule has 0 aliphatic rings. The van der Waals surface area contributed by atoms with E-state index >= 15 is 0 Å². The molecule has 0 saturated carbocycles. The van der Waals surface area contributed by atoms with Crippen molar-refractivity contribution in [3.63, 3.8) is 0 Å². The summed E-state index contributed by atoms with van der Waals surface area (Å²) < 4.78 is 0. The molecule has 0 spiro atoms. The average molecular weight is 921 g/mol. The summed E-state index contributed by atoms with van der Waals surface area (Å²) in [7, 11) is 0. The molecule has 25 heteroatoms. The van der Waals surface area contributed by atoms with Gasteiger partial charge in [-0.3, -0.25) is 48.6 Å². The van der Waals surface area contributed by atoms with Gasteiger partial charge in [0, 0.05) is 19.3 Å². The number of aliphatic carboxylic acids is 3. The number of amides is 7. The van der Waals surface area contributed by atoms with Gasteiger partial charge < -0.3 is 67.6 Å². The number of unbranched alkanes of at least 4 members (excludes halogenated alkanes) is 13. The van der Waals surface area contributed by atoms with E-state index in [1.54, 1.807) is 0 Å². The summed E-state index contributed by atoms with van der Waals surface area (Å²) in [4.78, 5) is 120. The average Bonchev–Trinajstić information content (AvgIpc) is 3.25. The zero-order chi connectivity index (χ0) is 48.3. The minimum Gasteiger partial charge on any atom is -0.481 e. The molecule has 64 heavy (non-hydrogen) atoms. The summed E-state index contributed by atoms with van der Waals surface area (Å²) in [5.41, 5.74) is 4.33. The first-order valence-corrected chi connectivity index (χ1v) is 21.4. The zero-order valence-corrected chi connectivity index (χ0v) is 36.1. The normalized spacial score (nSPS) is 13.2. The summed E-state index contributed by atoms with van der Waals surface area (Å²) in [5, 5.41) is 77.6. The van der Waals surface area contributed by atoms with Gasteiger partial charge in [-0.15, -0.1) is 0 Å². The largest absolute Gasteiger partial charge is 0.481 e. The van der Waals surface area contributed by atoms with Gasteiger partial charge in [0.1, 0.15) is 36.8 Å². The first-order valence-electron chi connectivity index (χ1n) is 21.4. The van der Waals surface area contributed by atoms with Crippen molar-refractivity contribution < 1.29 is 83.7 Å². The number of aliphatic hydroxyl groups excluding tert-OH is 4. The third-order valence-corrected chi connectivity index (χ3v) is 9.53. The molecule has 5 atom stereocenters. The first kappa shape index (κ1) is 58.5. The lowest BCUT2D eigenvalue weighted by Gasteiger charge is -2.22. The van der Waals surface area contributed by atoms with E-state index in [1.165, 1.54) is 12.8 Å². The maximum absolute atomic E-state index is 12.7. The van der Waals surface area contributed by atoms with Crippen molar-refractivity contribution >= 4 is 59.3 Å². The summed E-state index contributed by atoms with van der Waals surface area (Å²) >= 11 is 0. The molecule has 0 saturated heterocycles. The number of carboxylic acid groups (broad SMARTS) is 3. The maximum atomic E-state index is 12.7. The Hall–Kier alpha value is -5.50. The van der Waals surface area contributed by atoms with Crippen molar-refractivity contribution in [2.75, 3.05) is 39.5 Å². The molecular formula is C39H68N8O17. The van der Waals surface area contributed by atoms with E-state index in [4.69, 9.17) is 10.2 Å². The second-order valence-electron chi connectivity index (χ2n) is 14.9. The van der Waals surface area contributed by atoms with E-state index in [2.05, 4.69) is 26.8 Å². The van der Waals surface area contributed by atoms with E-state index in [9.17, 15) is 73.5 Å². The Morgan fingerprint density at radius 3 is 1.17 bits per heavy atom. The number of hydrogen-bond donors (Lipinski definition) is 15. The van der Waals surface area contributed by atoms with Crippen LogP contribution in [0.15, 0.2) is 0 Å². The number of carboxylic acids is 3. The molecule has 25 nitrogen and oxygen atoms in total. The molecule has 0 aliphatic carbocycles. The number of carbonyl (C=O) groups is 10. The molecule has 0 unspecified atom stereocenters. The van der Waals surface area contributed by atoms with E-state index in [0.29, 0.717) is 6.42 Å². The smallest absolute Gasteiger partial charge is 0.326 e. The quantitative estimate of drug-likeness (QED) is 0.0209. The number of rotatable bonds is 39. The van der Waals surface area contributed by atoms with Crippen LogP contribution in [0.2, 0.25) is 0 Å². The van der Waals surface area contributed by atoms with E-state index in [1.807, 2.05) is 16.0 Å². The summed E-state index contributed by atoms with van der Waals surface area (Å²) in [6.07, 6.45) is 13.7. The van der Waals surface area contributed by atoms with Gasteiger partial charge in [0.2, 0.25) is 41.4 Å². The molecule has 0 aromatic rings. The Morgan fingerprint density at radius 2 is 0.750 bits per heavy atom. The minimum absolute atomic E-state index is 0.110. The fraction of sp³-hybridized carbons (Fsp3) is 0.744. The number of carbonyl (C=O) groups excluding carboxylic acids is 7. The molecule has 0 aromatic heterocycles. The van der Waals surface area contributed by atoms with Gasteiger partial charge in [0.15, 0.2) is 0 Å². The molecule has 7 amide bonds. The summed E-state index contributed by atoms with van der Waals surface area (Å²) in [6, 6.07) is -8.01. The Balaban J connectivity index is 4.55. The minimum atomic E-state index is -1.70. The van der Waals surface area contributed by atoms with Crippen LogP contribution in [0.3, 0.4) is 0 Å². The lowest BCUT2D eigenvalue weighted by molar-refractivity contribution is -0.142. The highest BCUT2D eigenvalue weighted by Crippen LogP contribution is 2.14. The van der Waals surface area contributed by atoms with Gasteiger partial charge in [-0.1, -0.05) is 77.0 Å². The predicted molar refractivity (Wildman–Crippen MR) is 223 cm³/mol. The Labute approximate surface area is 370 Å². The van der Waals surface area contributed by atoms with Crippen LogP contribution < -0.4 is 42.8 Å². The Morgan fingerprint density at radius 1 is 0.359 bits per heavy atom. The van der Waals surface area contributed by atoms with Crippen molar-refractivity contribution in [2.45, 2.75) is 146 Å². The van der Waals surface area contributed by atoms with Gasteiger partial charge in [0.05, 0.1) is 33.0 Å². The third-order valence-electron chi connectivity index (χ3n) is 9.53. The molecule has 0 bridgehead atoms. The van der Waals surface area contributed by atoms with Crippen LogP contribution in [0.1, 0.15) is 116 Å². The molecular weight excluding hydrogens is 852 g/mol. The van der Waals surface area contributed by atoms with Crippen LogP contribution in [0.5, 0.6) is 0 Å². The van der Waals surface area contributed by atoms with E-state index in [0.717, 1.165) is 70.6 Å². The lowest BCUT2D eigenvalue weighted by Crippen LogP contribution is -2.59. The van der Waals surface area contributed by atoms with Crippen LogP contribution in [-0.4, -0.2) is 165 Å². The number of nitrogens with one attached hydrogen (secondary N) is 8. The Kier molecular flexibility index (Phi) is 32.8. The molecule has 0 rings (SSSR count). The van der Waals surface area contributed by atoms with Gasteiger partial charge in [-0.25, -0.2) is 10.2 Å². The topological polar surface area (TPSA) is 409 Å². The van der Waals surface area contributed by atoms with Gasteiger partial charge >= 0.3 is 17.9 Å². The van der Waals surface area contributed by atoms with Gasteiger partial charge in [-0.05, 0) is 19.3 Å². The molecule has 0 aromatic carbocycles. The van der Waals surface area contributed by atoms with Crippen molar-refractivity contribution in [3.05, 3.63) is 0 Å². The number of hydrazine groups is 1. The highest BCUT2D eigenvalue weighted by atomic mass is 16.4. The number of hydrogen-bond acceptors (Lipinski definition) is 15. The molecule has 0 fully saturated rings. The van der Waals surface area contributed by atoms with Gasteiger partial charge in [0.25, 0.3) is 0 Å². The summed E-state index contributed by atoms with van der Waals surface area (Å²) in [5.74, 6) is -10.3. The molecule has 0 radical (unpaired) electrons. The van der Waals surface area contributed by atoms with Crippen molar-refractivity contribution in [1.29, 1.82) is 0 Å². The van der Waals surface area contributed by atoms with Crippen molar-refractivity contribution in [2.24, 2.45) is 0 Å². The number of aliphatic hydroxyl groups is 4. The first-order chi connectivity index (χ1) is 30.5. The maximum Gasteiger partial charge on any atom is 0.326 e. The third kappa shape index (κ3) is 29.0. The van der Waals surface area contributed by atoms with Crippen LogP contribution >= 0.6 is 0 Å². The molecule has 0 heterocycles. The standard InChI is InChI=1S/C39H68N8O17/c48-21-26(35(59)40-19-32(54)43-28(23-50)37(61)44-27(22-49)36(60)41-20-34(57)58)45-38(62)29(24-51)46-47-31(53)18-17-25(39(63)64)42-30(52)15-13-11-9-7-5-3-1-2-4-6-8-10-12-14-16-33(55)56/h25-29,46,48-51H,1-24H2,(H,40,59)(H,41,60)(H,42,52)(H,43,54)(H,44,61)(H,45,62)(H,47,53)(H,55,56)(H,57,58)(H,63,64)/t25-,26-,27-,28-,29-/m0/s1. The highest BCUT2D eigenvalue weighted by Gasteiger charge is 2.29. The SMILES string of the molecule is O=C(O)CCCCCCCCCCCCCCCCC(=O)N[C@@H](CCC(=O)NN[C@@H](CO)C(=O)N[C@@H](CO)C(=O)NCC(=O)N[C@@H](CO)C(=O)N[C@@H](CO)C(=O)NCC(=O)O)C(=O)O. The molecule has 0 aliphatic heterocycles. The second kappa shape index (κ2) is 35.9. The van der Waals surface area contributed by atoms with E-state index < -0.39 is 135 Å². The van der Waals surface area contributed by atoms with Crippen LogP contribution in [0.25, 0.3) is 0 Å². The van der Waals surface area contributed by atoms with Crippen LogP contribution in [0, 0.1) is 0 Å². The predicted octanol–water partition coefficient (Wildman–Crippen LogP) is -3.61. The van der Waals surface area contributed by atoms with Crippen LogP contribution in [-0.2, 0) is 47.9 Å². The Bertz CT molecular complexity index is 1490. The van der Waals surface area contributed by atoms with Crippen molar-refractivity contribution in [3.8, 4) is 0 Å². The lowest BCUT2D eigenvalue weighted by atomic mass is 10.0. The van der Waals surface area contributed by atoms with Crippen LogP contribution in [0.4, 0.5) is 0 Å². The molecule has 366 valence electrons. The fourth-order valence-electron chi connectivity index (χ4n) is 5.86. The second-order valence-corrected chi connectivity index (χ2v) is 14.9. The van der Waals surface area contributed by atoms with E-state index in [-0.39, 0.29) is 19.3 Å². The highest BCUT2D eigenvalue weighted by molar-refractivity contribution is 5.95. The fourth-order valence-corrected chi connectivity index (χ4v) is 5.86. The van der Waals surface area contributed by atoms with Crippen molar-refractivity contribution in [1.82, 2.24) is 42.8 Å². The van der Waals surface area contributed by atoms with Gasteiger partial charge in [-0.2, -0.15) is 0 Å². The molecule has 15 N–H and O–H groups in total. The monoisotopic (exact) mass is 920 g/mol.